The van der Waals surface area contributed by atoms with Gasteiger partial charge in [-0.15, -0.1) is 0 Å². The molecule has 1 amide bonds. The Morgan fingerprint density at radius 1 is 1.06 bits per heavy atom. The molecule has 1 atom stereocenters. The van der Waals surface area contributed by atoms with Gasteiger partial charge in [-0.2, -0.15) is 0 Å². The second kappa shape index (κ2) is 10.3. The molecule has 6 nitrogen and oxygen atoms in total. The number of allylic oxidation sites excluding steroid dienone is 4. The summed E-state index contributed by atoms with van der Waals surface area (Å²) < 4.78 is 25.6. The van der Waals surface area contributed by atoms with Gasteiger partial charge in [-0.05, 0) is 54.5 Å². The Labute approximate surface area is 197 Å². The van der Waals surface area contributed by atoms with Crippen molar-refractivity contribution < 1.29 is 13.6 Å². The maximum Gasteiger partial charge on any atom is 0.256 e. The third-order valence-corrected chi connectivity index (χ3v) is 7.45. The number of aliphatic imine (C=N–C) groups is 1. The predicted octanol–water partition coefficient (Wildman–Crippen LogP) is 4.36. The van der Waals surface area contributed by atoms with Crippen molar-refractivity contribution in [2.45, 2.75) is 18.5 Å². The van der Waals surface area contributed by atoms with Gasteiger partial charge in [-0.1, -0.05) is 60.3 Å². The smallest absolute Gasteiger partial charge is 0.256 e. The summed E-state index contributed by atoms with van der Waals surface area (Å²) >= 11 is 1.35. The van der Waals surface area contributed by atoms with Crippen LogP contribution in [0.5, 0.6) is 0 Å². The standard InChI is InChI=1S/C25H23N3O3S2/c1-18-15-20-9-5-6-10-23(20)28-25(18)32-17-24(29)27-21-11-13-22(14-12-21)33(30,31)26-16-19-7-3-2-4-8-19/h2-15H,16-17H2,1H3,(H2,26,30,31). The molecule has 2 N–H and O–H groups in total. The average Bonchev–Trinajstić information content (AvgIpc) is 2.82. The maximum absolute atomic E-state index is 12.6. The minimum Gasteiger partial charge on any atom is -0.302 e. The molecule has 1 unspecified atom stereocenters. The van der Waals surface area contributed by atoms with Crippen molar-refractivity contribution in [2.75, 3.05) is 5.75 Å². The largest absolute Gasteiger partial charge is 0.302 e. The normalized spacial score (nSPS) is 15.0. The average molecular weight is 478 g/mol. The lowest BCUT2D eigenvalue weighted by Gasteiger charge is -2.11. The lowest BCUT2D eigenvalue weighted by molar-refractivity contribution is -0.115. The Balaban J connectivity index is 1.38. The Morgan fingerprint density at radius 3 is 2.52 bits per heavy atom. The van der Waals surface area contributed by atoms with Crippen LogP contribution in [0.2, 0.25) is 0 Å². The van der Waals surface area contributed by atoms with E-state index in [0.717, 1.165) is 27.1 Å². The molecule has 0 bridgehead atoms. The molecule has 1 aliphatic carbocycles. The van der Waals surface area contributed by atoms with Crippen LogP contribution in [0, 0.1) is 6.92 Å². The van der Waals surface area contributed by atoms with E-state index >= 15 is 0 Å². The number of amides is 1. The molecule has 1 aliphatic rings. The van der Waals surface area contributed by atoms with Crippen molar-refractivity contribution in [3.05, 3.63) is 96.1 Å². The highest BCUT2D eigenvalue weighted by Crippen LogP contribution is 2.24. The topological polar surface area (TPSA) is 91.7 Å². The number of pyridine rings is 1. The third kappa shape index (κ3) is 6.06. The van der Waals surface area contributed by atoms with Gasteiger partial charge < -0.3 is 4.55 Å². The number of rotatable bonds is 6. The number of aryl methyl sites for hydroxylation is 1. The van der Waals surface area contributed by atoms with Crippen molar-refractivity contribution in [1.82, 2.24) is 9.71 Å². The molecule has 1 heterocycles. The lowest BCUT2D eigenvalue weighted by atomic mass is 10.2. The quantitative estimate of drug-likeness (QED) is 0.407. The molecule has 0 aliphatic heterocycles. The van der Waals surface area contributed by atoms with E-state index in [4.69, 9.17) is 0 Å². The second-order valence-electron chi connectivity index (χ2n) is 7.42. The number of benzene rings is 2. The van der Waals surface area contributed by atoms with E-state index in [1.807, 2.05) is 61.5 Å². The fourth-order valence-electron chi connectivity index (χ4n) is 3.22. The number of carbonyl (C=O) groups is 1. The highest BCUT2D eigenvalue weighted by atomic mass is 32.2. The van der Waals surface area contributed by atoms with Crippen LogP contribution in [0.25, 0.3) is 10.9 Å². The molecular weight excluding hydrogens is 454 g/mol. The van der Waals surface area contributed by atoms with E-state index in [-0.39, 0.29) is 23.1 Å². The molecule has 0 saturated heterocycles. The van der Waals surface area contributed by atoms with Gasteiger partial charge in [0.05, 0.1) is 21.8 Å². The maximum atomic E-state index is 12.6. The number of nitrogens with one attached hydrogen (secondary N) is 1. The van der Waals surface area contributed by atoms with Crippen LogP contribution in [0.3, 0.4) is 0 Å². The van der Waals surface area contributed by atoms with Crippen LogP contribution in [0.15, 0.2) is 95.0 Å². The fraction of sp³-hybridized carbons (Fsp3) is 0.120. The van der Waals surface area contributed by atoms with E-state index in [1.165, 1.54) is 23.9 Å². The van der Waals surface area contributed by atoms with Crippen molar-refractivity contribution >= 4 is 49.1 Å². The van der Waals surface area contributed by atoms with Gasteiger partial charge >= 0.3 is 0 Å². The molecule has 33 heavy (non-hydrogen) atoms. The SMILES string of the molecule is Cc1cc2ccccc2nc1SCC(=O)N=C1C=CC(=S(=O)(O)NCc2ccccc2)C=C1. The van der Waals surface area contributed by atoms with E-state index < -0.39 is 9.99 Å². The first kappa shape index (κ1) is 23.1. The van der Waals surface area contributed by atoms with Crippen molar-refractivity contribution in [3.63, 3.8) is 0 Å². The molecule has 8 heteroatoms. The summed E-state index contributed by atoms with van der Waals surface area (Å²) in [6.07, 6.45) is 6.15. The van der Waals surface area contributed by atoms with Crippen molar-refractivity contribution in [1.29, 1.82) is 0 Å². The van der Waals surface area contributed by atoms with Crippen LogP contribution in [0.4, 0.5) is 0 Å². The highest BCUT2D eigenvalue weighted by Gasteiger charge is 2.12. The zero-order chi connectivity index (χ0) is 23.3. The van der Waals surface area contributed by atoms with Gasteiger partial charge in [-0.25, -0.2) is 18.9 Å². The number of nitrogens with zero attached hydrogens (tertiary/aromatic N) is 2. The van der Waals surface area contributed by atoms with Gasteiger partial charge in [0.15, 0.2) is 9.99 Å². The zero-order valence-corrected chi connectivity index (χ0v) is 19.6. The number of thioether (sulfide) groups is 1. The second-order valence-corrected chi connectivity index (χ2v) is 10.2. The zero-order valence-electron chi connectivity index (χ0n) is 18.0. The van der Waals surface area contributed by atoms with Crippen LogP contribution >= 0.6 is 11.8 Å². The lowest BCUT2D eigenvalue weighted by Crippen LogP contribution is -2.28. The Hall–Kier alpha value is -3.04. The number of hydrogen-bond donors (Lipinski definition) is 2. The van der Waals surface area contributed by atoms with Crippen LogP contribution in [-0.4, -0.2) is 36.0 Å². The number of aromatic nitrogens is 1. The van der Waals surface area contributed by atoms with Gasteiger partial charge in [0.2, 0.25) is 0 Å². The van der Waals surface area contributed by atoms with Crippen LogP contribution in [0.1, 0.15) is 11.1 Å². The van der Waals surface area contributed by atoms with E-state index in [2.05, 4.69) is 20.8 Å². The van der Waals surface area contributed by atoms with Gasteiger partial charge in [0, 0.05) is 11.9 Å². The monoisotopic (exact) mass is 477 g/mol. The Kier molecular flexibility index (Phi) is 7.20. The number of hydrogen-bond acceptors (Lipinski definition) is 4. The molecule has 168 valence electrons. The van der Waals surface area contributed by atoms with Gasteiger partial charge in [0.1, 0.15) is 5.03 Å². The molecule has 4 rings (SSSR count). The molecule has 0 saturated carbocycles. The Bertz CT molecular complexity index is 1380. The summed E-state index contributed by atoms with van der Waals surface area (Å²) in [6.45, 7) is 2.24. The summed E-state index contributed by atoms with van der Waals surface area (Å²) in [6, 6.07) is 19.3. The van der Waals surface area contributed by atoms with Crippen molar-refractivity contribution in [2.24, 2.45) is 4.99 Å². The first-order valence-corrected chi connectivity index (χ1v) is 12.8. The predicted molar refractivity (Wildman–Crippen MR) is 137 cm³/mol. The summed E-state index contributed by atoms with van der Waals surface area (Å²) in [5, 5.41) is 1.87. The molecule has 1 aromatic heterocycles. The molecule has 3 aromatic rings. The molecule has 0 radical (unpaired) electrons. The van der Waals surface area contributed by atoms with Crippen molar-refractivity contribution in [3.8, 4) is 0 Å². The summed E-state index contributed by atoms with van der Waals surface area (Å²) in [5.41, 5.74) is 3.24. The van der Waals surface area contributed by atoms with E-state index in [9.17, 15) is 13.6 Å². The minimum atomic E-state index is -3.41. The summed E-state index contributed by atoms with van der Waals surface area (Å²) in [7, 11) is -3.41. The van der Waals surface area contributed by atoms with Gasteiger partial charge in [0.25, 0.3) is 5.91 Å². The molecule has 2 aromatic carbocycles. The fourth-order valence-corrected chi connectivity index (χ4v) is 5.03. The van der Waals surface area contributed by atoms with Crippen LogP contribution < -0.4 is 4.72 Å². The number of fused-ring (bicyclic) bond motifs is 1. The summed E-state index contributed by atoms with van der Waals surface area (Å²) in [4.78, 5) is 21.3. The van der Waals surface area contributed by atoms with E-state index in [0.29, 0.717) is 5.71 Å². The minimum absolute atomic E-state index is 0.156. The number of para-hydroxylation sites is 1. The molecule has 0 fully saturated rings. The van der Waals surface area contributed by atoms with E-state index in [1.54, 1.807) is 12.2 Å². The summed E-state index contributed by atoms with van der Waals surface area (Å²) in [5.74, 6) is -0.141. The first-order valence-electron chi connectivity index (χ1n) is 10.3. The first-order chi connectivity index (χ1) is 15.9. The van der Waals surface area contributed by atoms with Gasteiger partial charge in [-0.3, -0.25) is 4.79 Å². The number of carbonyl (C=O) groups excluding carboxylic acids is 1. The highest BCUT2D eigenvalue weighted by molar-refractivity contribution is 8.00. The third-order valence-electron chi connectivity index (χ3n) is 4.93. The van der Waals surface area contributed by atoms with Crippen LogP contribution in [-0.2, 0) is 21.3 Å². The molecular formula is C25H23N3O3S2. The molecule has 0 spiro atoms. The Morgan fingerprint density at radius 2 is 1.76 bits per heavy atom.